The largest absolute Gasteiger partial charge is 0.352 e. The lowest BCUT2D eigenvalue weighted by atomic mass is 10.0. The number of carbonyl (C=O) groups is 1. The molecular formula is C26H45NO. The highest BCUT2D eigenvalue weighted by Crippen LogP contribution is 2.14. The van der Waals surface area contributed by atoms with Gasteiger partial charge in [0.25, 0.3) is 5.91 Å². The van der Waals surface area contributed by atoms with Crippen molar-refractivity contribution in [1.82, 2.24) is 5.32 Å². The molecule has 0 bridgehead atoms. The molecule has 2 nitrogen and oxygen atoms in total. The van der Waals surface area contributed by atoms with E-state index in [9.17, 15) is 4.79 Å². The van der Waals surface area contributed by atoms with Crippen molar-refractivity contribution in [2.24, 2.45) is 0 Å². The maximum Gasteiger partial charge on any atom is 0.251 e. The van der Waals surface area contributed by atoms with Crippen LogP contribution in [0.2, 0.25) is 0 Å². The van der Waals surface area contributed by atoms with E-state index in [1.807, 2.05) is 30.3 Å². The molecule has 2 heteroatoms. The monoisotopic (exact) mass is 387 g/mol. The molecule has 1 aromatic rings. The van der Waals surface area contributed by atoms with Gasteiger partial charge >= 0.3 is 0 Å². The van der Waals surface area contributed by atoms with Crippen molar-refractivity contribution in [3.63, 3.8) is 0 Å². The van der Waals surface area contributed by atoms with E-state index in [-0.39, 0.29) is 5.91 Å². The van der Waals surface area contributed by atoms with E-state index >= 15 is 0 Å². The highest BCUT2D eigenvalue weighted by atomic mass is 16.1. The van der Waals surface area contributed by atoms with Crippen molar-refractivity contribution in [2.45, 2.75) is 116 Å². The quantitative estimate of drug-likeness (QED) is 0.239. The molecule has 0 aliphatic carbocycles. The smallest absolute Gasteiger partial charge is 0.251 e. The summed E-state index contributed by atoms with van der Waals surface area (Å²) in [4.78, 5) is 11.9. The molecule has 0 fully saturated rings. The Morgan fingerprint density at radius 2 is 1.00 bits per heavy atom. The summed E-state index contributed by atoms with van der Waals surface area (Å²) in [6, 6.07) is 9.48. The van der Waals surface area contributed by atoms with Crippen LogP contribution in [0.3, 0.4) is 0 Å². The molecule has 28 heavy (non-hydrogen) atoms. The van der Waals surface area contributed by atoms with Crippen molar-refractivity contribution in [1.29, 1.82) is 0 Å². The second kappa shape index (κ2) is 19.0. The SMILES string of the molecule is CCCCCCCCCCCCCCCCCCCNC(=O)c1ccccc1. The third-order valence-corrected chi connectivity index (χ3v) is 5.60. The highest BCUT2D eigenvalue weighted by Gasteiger charge is 2.02. The van der Waals surface area contributed by atoms with Gasteiger partial charge in [-0.1, -0.05) is 128 Å². The fourth-order valence-corrected chi connectivity index (χ4v) is 3.74. The summed E-state index contributed by atoms with van der Waals surface area (Å²) >= 11 is 0. The van der Waals surface area contributed by atoms with Gasteiger partial charge in [-0.3, -0.25) is 4.79 Å². The summed E-state index contributed by atoms with van der Waals surface area (Å²) in [6.45, 7) is 3.08. The average molecular weight is 388 g/mol. The summed E-state index contributed by atoms with van der Waals surface area (Å²) in [6.07, 6.45) is 23.5. The van der Waals surface area contributed by atoms with Crippen molar-refractivity contribution >= 4 is 5.91 Å². The average Bonchev–Trinajstić information content (AvgIpc) is 2.73. The van der Waals surface area contributed by atoms with Gasteiger partial charge in [0.05, 0.1) is 0 Å². The summed E-state index contributed by atoms with van der Waals surface area (Å²) in [5, 5.41) is 3.01. The summed E-state index contributed by atoms with van der Waals surface area (Å²) < 4.78 is 0. The number of amides is 1. The lowest BCUT2D eigenvalue weighted by molar-refractivity contribution is 0.0953. The van der Waals surface area contributed by atoms with Crippen LogP contribution in [0, 0.1) is 0 Å². The molecule has 0 spiro atoms. The number of hydrogen-bond donors (Lipinski definition) is 1. The maximum atomic E-state index is 11.9. The minimum atomic E-state index is 0.0529. The van der Waals surface area contributed by atoms with Crippen molar-refractivity contribution in [3.05, 3.63) is 35.9 Å². The van der Waals surface area contributed by atoms with E-state index in [0.29, 0.717) is 0 Å². The zero-order valence-corrected chi connectivity index (χ0v) is 18.5. The van der Waals surface area contributed by atoms with E-state index in [1.54, 1.807) is 0 Å². The molecular weight excluding hydrogens is 342 g/mol. The Hall–Kier alpha value is -1.31. The van der Waals surface area contributed by atoms with Crippen molar-refractivity contribution in [3.8, 4) is 0 Å². The first-order chi connectivity index (χ1) is 13.8. The highest BCUT2D eigenvalue weighted by molar-refractivity contribution is 5.94. The summed E-state index contributed by atoms with van der Waals surface area (Å²) in [7, 11) is 0. The van der Waals surface area contributed by atoms with E-state index in [0.717, 1.165) is 18.5 Å². The number of carbonyl (C=O) groups excluding carboxylic acids is 1. The molecule has 0 aliphatic rings. The molecule has 0 saturated carbocycles. The zero-order chi connectivity index (χ0) is 20.1. The molecule has 0 aliphatic heterocycles. The Balaban J connectivity index is 1.74. The molecule has 1 aromatic carbocycles. The Morgan fingerprint density at radius 3 is 1.43 bits per heavy atom. The molecule has 1 N–H and O–H groups in total. The van der Waals surface area contributed by atoms with Crippen LogP contribution in [0.15, 0.2) is 30.3 Å². The standard InChI is InChI=1S/C26H45NO/c1-2-3-4-5-6-7-8-9-10-11-12-13-14-15-16-17-21-24-27-26(28)25-22-19-18-20-23-25/h18-20,22-23H,2-17,21,24H2,1H3,(H,27,28). The molecule has 0 atom stereocenters. The van der Waals surface area contributed by atoms with Crippen LogP contribution in [0.5, 0.6) is 0 Å². The molecule has 160 valence electrons. The van der Waals surface area contributed by atoms with Gasteiger partial charge in [0.1, 0.15) is 0 Å². The van der Waals surface area contributed by atoms with Gasteiger partial charge in [-0.25, -0.2) is 0 Å². The second-order valence-electron chi connectivity index (χ2n) is 8.28. The minimum Gasteiger partial charge on any atom is -0.352 e. The summed E-state index contributed by atoms with van der Waals surface area (Å²) in [5.74, 6) is 0.0529. The Bertz CT molecular complexity index is 457. The molecule has 0 aromatic heterocycles. The van der Waals surface area contributed by atoms with Crippen molar-refractivity contribution in [2.75, 3.05) is 6.54 Å². The fourth-order valence-electron chi connectivity index (χ4n) is 3.74. The van der Waals surface area contributed by atoms with E-state index in [4.69, 9.17) is 0 Å². The van der Waals surface area contributed by atoms with E-state index < -0.39 is 0 Å². The molecule has 1 rings (SSSR count). The number of rotatable bonds is 19. The lowest BCUT2D eigenvalue weighted by Gasteiger charge is -2.05. The van der Waals surface area contributed by atoms with Crippen LogP contribution in [-0.4, -0.2) is 12.5 Å². The number of benzene rings is 1. The van der Waals surface area contributed by atoms with Gasteiger partial charge in [0, 0.05) is 12.1 Å². The van der Waals surface area contributed by atoms with Crippen LogP contribution in [0.4, 0.5) is 0 Å². The van der Waals surface area contributed by atoms with Gasteiger partial charge in [-0.05, 0) is 18.6 Å². The van der Waals surface area contributed by atoms with Gasteiger partial charge in [0.2, 0.25) is 0 Å². The molecule has 1 amide bonds. The second-order valence-corrected chi connectivity index (χ2v) is 8.28. The van der Waals surface area contributed by atoms with Crippen molar-refractivity contribution < 1.29 is 4.79 Å². The Morgan fingerprint density at radius 1 is 0.607 bits per heavy atom. The normalized spacial score (nSPS) is 10.9. The molecule has 0 saturated heterocycles. The first-order valence-corrected chi connectivity index (χ1v) is 12.2. The number of hydrogen-bond acceptors (Lipinski definition) is 1. The van der Waals surface area contributed by atoms with Crippen LogP contribution >= 0.6 is 0 Å². The van der Waals surface area contributed by atoms with E-state index in [2.05, 4.69) is 12.2 Å². The first kappa shape index (κ1) is 24.7. The van der Waals surface area contributed by atoms with Crippen LogP contribution in [-0.2, 0) is 0 Å². The predicted octanol–water partition coefficient (Wildman–Crippen LogP) is 8.07. The van der Waals surface area contributed by atoms with Crippen LogP contribution in [0.1, 0.15) is 126 Å². The van der Waals surface area contributed by atoms with E-state index in [1.165, 1.54) is 103 Å². The fraction of sp³-hybridized carbons (Fsp3) is 0.731. The lowest BCUT2D eigenvalue weighted by Crippen LogP contribution is -2.24. The third kappa shape index (κ3) is 14.7. The van der Waals surface area contributed by atoms with Gasteiger partial charge in [0.15, 0.2) is 0 Å². The Labute approximate surface area is 174 Å². The Kier molecular flexibility index (Phi) is 16.8. The molecule has 0 heterocycles. The van der Waals surface area contributed by atoms with Gasteiger partial charge in [-0.15, -0.1) is 0 Å². The maximum absolute atomic E-state index is 11.9. The first-order valence-electron chi connectivity index (χ1n) is 12.2. The molecule has 0 radical (unpaired) electrons. The minimum absolute atomic E-state index is 0.0529. The van der Waals surface area contributed by atoms with Gasteiger partial charge in [-0.2, -0.15) is 0 Å². The molecule has 0 unspecified atom stereocenters. The van der Waals surface area contributed by atoms with Crippen LogP contribution in [0.25, 0.3) is 0 Å². The third-order valence-electron chi connectivity index (χ3n) is 5.60. The zero-order valence-electron chi connectivity index (χ0n) is 18.5. The topological polar surface area (TPSA) is 29.1 Å². The van der Waals surface area contributed by atoms with Crippen LogP contribution < -0.4 is 5.32 Å². The van der Waals surface area contributed by atoms with Gasteiger partial charge < -0.3 is 5.32 Å². The summed E-state index contributed by atoms with van der Waals surface area (Å²) in [5.41, 5.74) is 0.759. The number of nitrogens with one attached hydrogen (secondary N) is 1. The number of unbranched alkanes of at least 4 members (excludes halogenated alkanes) is 16. The predicted molar refractivity (Wildman–Crippen MR) is 123 cm³/mol.